The van der Waals surface area contributed by atoms with E-state index in [4.69, 9.17) is 16.3 Å². The maximum absolute atomic E-state index is 13.1. The Morgan fingerprint density at radius 2 is 1.76 bits per heavy atom. The molecule has 0 saturated carbocycles. The lowest BCUT2D eigenvalue weighted by Crippen LogP contribution is -2.53. The third-order valence-corrected chi connectivity index (χ3v) is 5.44. The van der Waals surface area contributed by atoms with E-state index in [1.54, 1.807) is 25.1 Å². The van der Waals surface area contributed by atoms with Crippen molar-refractivity contribution in [1.29, 1.82) is 0 Å². The number of carboxylic acids is 1. The zero-order chi connectivity index (χ0) is 25.1. The molecular weight excluding hydrogens is 446 g/mol. The molecule has 1 rings (SSSR count). The van der Waals surface area contributed by atoms with Crippen LogP contribution in [0.25, 0.3) is 0 Å². The van der Waals surface area contributed by atoms with E-state index in [2.05, 4.69) is 16.0 Å². The van der Waals surface area contributed by atoms with Crippen molar-refractivity contribution in [2.24, 2.45) is 11.8 Å². The number of hydrogen-bond acceptors (Lipinski definition) is 5. The molecule has 0 aliphatic heterocycles. The molecule has 2 amide bonds. The molecule has 0 aliphatic carbocycles. The second-order valence-electron chi connectivity index (χ2n) is 8.96. The van der Waals surface area contributed by atoms with E-state index >= 15 is 0 Å². The summed E-state index contributed by atoms with van der Waals surface area (Å²) in [5.41, 5.74) is 0.252. The minimum Gasteiger partial charge on any atom is -0.491 e. The second-order valence-corrected chi connectivity index (χ2v) is 9.40. The highest BCUT2D eigenvalue weighted by Crippen LogP contribution is 2.24. The first-order chi connectivity index (χ1) is 15.5. The van der Waals surface area contributed by atoms with Crippen molar-refractivity contribution >= 4 is 29.4 Å². The monoisotopic (exact) mass is 483 g/mol. The SMILES string of the molecule is CC[C@H](C)[C@H](NC(=O)[C@H](CC(C)C)NC(=O)c1ccc(Cl)cc1OCCNC(C)C)C(=O)O. The lowest BCUT2D eigenvalue weighted by atomic mass is 9.97. The predicted octanol–water partition coefficient (Wildman–Crippen LogP) is 3.48. The van der Waals surface area contributed by atoms with Crippen molar-refractivity contribution in [3.8, 4) is 5.75 Å². The predicted molar refractivity (Wildman–Crippen MR) is 130 cm³/mol. The normalized spacial score (nSPS) is 14.0. The average molecular weight is 484 g/mol. The minimum atomic E-state index is -1.10. The van der Waals surface area contributed by atoms with E-state index in [-0.39, 0.29) is 17.4 Å². The van der Waals surface area contributed by atoms with Crippen LogP contribution in [0.3, 0.4) is 0 Å². The lowest BCUT2D eigenvalue weighted by molar-refractivity contribution is -0.143. The second kappa shape index (κ2) is 14.1. The Labute approximate surface area is 201 Å². The average Bonchev–Trinajstić information content (AvgIpc) is 2.73. The molecule has 0 heterocycles. The fraction of sp³-hybridized carbons (Fsp3) is 0.625. The van der Waals surface area contributed by atoms with Gasteiger partial charge in [0.2, 0.25) is 5.91 Å². The topological polar surface area (TPSA) is 117 Å². The number of hydrogen-bond donors (Lipinski definition) is 4. The van der Waals surface area contributed by atoms with Crippen LogP contribution < -0.4 is 20.7 Å². The number of rotatable bonds is 14. The molecule has 0 aliphatic rings. The number of carboxylic acid groups (broad SMARTS) is 1. The number of nitrogens with one attached hydrogen (secondary N) is 3. The highest BCUT2D eigenvalue weighted by atomic mass is 35.5. The van der Waals surface area contributed by atoms with Gasteiger partial charge < -0.3 is 25.8 Å². The molecule has 3 atom stereocenters. The van der Waals surface area contributed by atoms with Gasteiger partial charge in [-0.3, -0.25) is 9.59 Å². The molecule has 33 heavy (non-hydrogen) atoms. The van der Waals surface area contributed by atoms with Gasteiger partial charge in [-0.05, 0) is 36.5 Å². The zero-order valence-electron chi connectivity index (χ0n) is 20.4. The molecule has 0 saturated heterocycles. The first kappa shape index (κ1) is 28.7. The third-order valence-electron chi connectivity index (χ3n) is 5.21. The Kier molecular flexibility index (Phi) is 12.2. The summed E-state index contributed by atoms with van der Waals surface area (Å²) in [6, 6.07) is 3.07. The minimum absolute atomic E-state index is 0.0935. The summed E-state index contributed by atoms with van der Waals surface area (Å²) in [6.07, 6.45) is 0.947. The summed E-state index contributed by atoms with van der Waals surface area (Å²) < 4.78 is 5.77. The number of aliphatic carboxylic acids is 1. The summed E-state index contributed by atoms with van der Waals surface area (Å²) in [5.74, 6) is -1.96. The van der Waals surface area contributed by atoms with Gasteiger partial charge in [0.1, 0.15) is 24.4 Å². The first-order valence-electron chi connectivity index (χ1n) is 11.5. The number of carbonyl (C=O) groups is 3. The zero-order valence-corrected chi connectivity index (χ0v) is 21.2. The molecule has 1 aromatic carbocycles. The molecule has 8 nitrogen and oxygen atoms in total. The summed E-state index contributed by atoms with van der Waals surface area (Å²) >= 11 is 6.09. The van der Waals surface area contributed by atoms with Crippen LogP contribution in [0.1, 0.15) is 64.7 Å². The van der Waals surface area contributed by atoms with Gasteiger partial charge in [0.15, 0.2) is 0 Å². The quantitative estimate of drug-likeness (QED) is 0.301. The van der Waals surface area contributed by atoms with Crippen molar-refractivity contribution in [3.63, 3.8) is 0 Å². The van der Waals surface area contributed by atoms with E-state index < -0.39 is 29.9 Å². The maximum Gasteiger partial charge on any atom is 0.326 e. The fourth-order valence-corrected chi connectivity index (χ4v) is 3.35. The number of ether oxygens (including phenoxy) is 1. The van der Waals surface area contributed by atoms with E-state index in [1.165, 1.54) is 0 Å². The molecule has 186 valence electrons. The smallest absolute Gasteiger partial charge is 0.326 e. The Morgan fingerprint density at radius 1 is 1.09 bits per heavy atom. The van der Waals surface area contributed by atoms with Crippen molar-refractivity contribution in [3.05, 3.63) is 28.8 Å². The number of amides is 2. The van der Waals surface area contributed by atoms with E-state index in [0.717, 1.165) is 0 Å². The van der Waals surface area contributed by atoms with Crippen LogP contribution in [0.5, 0.6) is 5.75 Å². The van der Waals surface area contributed by atoms with Gasteiger partial charge in [-0.2, -0.15) is 0 Å². The highest BCUT2D eigenvalue weighted by molar-refractivity contribution is 6.30. The van der Waals surface area contributed by atoms with Crippen LogP contribution in [0, 0.1) is 11.8 Å². The summed E-state index contributed by atoms with van der Waals surface area (Å²) in [4.78, 5) is 37.7. The molecule has 0 spiro atoms. The Bertz CT molecular complexity index is 800. The maximum atomic E-state index is 13.1. The van der Waals surface area contributed by atoms with Gasteiger partial charge in [-0.15, -0.1) is 0 Å². The third kappa shape index (κ3) is 10.0. The Morgan fingerprint density at radius 3 is 2.30 bits per heavy atom. The number of carbonyl (C=O) groups excluding carboxylic acids is 2. The molecule has 9 heteroatoms. The molecule has 1 aromatic rings. The molecular formula is C24H38ClN3O5. The van der Waals surface area contributed by atoms with E-state index in [0.29, 0.717) is 42.8 Å². The molecule has 0 unspecified atom stereocenters. The standard InChI is InChI=1S/C24H38ClN3O5/c1-7-16(6)21(24(31)32)28-23(30)19(12-14(2)3)27-22(29)18-9-8-17(25)13-20(18)33-11-10-26-15(4)5/h8-9,13-16,19,21,26H,7,10-12H2,1-6H3,(H,27,29)(H,28,30)(H,31,32)/t16-,19-,21-/m0/s1. The van der Waals surface area contributed by atoms with Crippen molar-refractivity contribution < 1.29 is 24.2 Å². The summed E-state index contributed by atoms with van der Waals surface area (Å²) in [7, 11) is 0. The highest BCUT2D eigenvalue weighted by Gasteiger charge is 2.30. The van der Waals surface area contributed by atoms with E-state index in [9.17, 15) is 19.5 Å². The largest absolute Gasteiger partial charge is 0.491 e. The van der Waals surface area contributed by atoms with Crippen molar-refractivity contribution in [2.45, 2.75) is 72.5 Å². The van der Waals surface area contributed by atoms with Crippen molar-refractivity contribution in [2.75, 3.05) is 13.2 Å². The molecule has 0 radical (unpaired) electrons. The molecule has 0 bridgehead atoms. The van der Waals surface area contributed by atoms with Gasteiger partial charge in [-0.1, -0.05) is 59.6 Å². The number of halogens is 1. The molecule has 0 aromatic heterocycles. The van der Waals surface area contributed by atoms with Gasteiger partial charge >= 0.3 is 5.97 Å². The van der Waals surface area contributed by atoms with Gasteiger partial charge in [0.25, 0.3) is 5.91 Å². The van der Waals surface area contributed by atoms with Crippen LogP contribution in [-0.4, -0.2) is 54.2 Å². The van der Waals surface area contributed by atoms with Crippen LogP contribution in [0.2, 0.25) is 5.02 Å². The van der Waals surface area contributed by atoms with Gasteiger partial charge in [-0.25, -0.2) is 4.79 Å². The number of benzene rings is 1. The summed E-state index contributed by atoms with van der Waals surface area (Å²) in [5, 5.41) is 18.5. The fourth-order valence-electron chi connectivity index (χ4n) is 3.19. The molecule has 4 N–H and O–H groups in total. The molecule has 0 fully saturated rings. The Hall–Kier alpha value is -2.32. The van der Waals surface area contributed by atoms with Gasteiger partial charge in [0.05, 0.1) is 5.56 Å². The van der Waals surface area contributed by atoms with Crippen LogP contribution in [0.4, 0.5) is 0 Å². The van der Waals surface area contributed by atoms with Gasteiger partial charge in [0, 0.05) is 17.6 Å². The van der Waals surface area contributed by atoms with Crippen molar-refractivity contribution in [1.82, 2.24) is 16.0 Å². The summed E-state index contributed by atoms with van der Waals surface area (Å²) in [6.45, 7) is 12.4. The Balaban J connectivity index is 3.02. The first-order valence-corrected chi connectivity index (χ1v) is 11.8. The van der Waals surface area contributed by atoms with Crippen LogP contribution in [-0.2, 0) is 9.59 Å². The van der Waals surface area contributed by atoms with Crippen LogP contribution >= 0.6 is 11.6 Å². The van der Waals surface area contributed by atoms with Crippen LogP contribution in [0.15, 0.2) is 18.2 Å². The van der Waals surface area contributed by atoms with E-state index in [1.807, 2.05) is 34.6 Å². The lowest BCUT2D eigenvalue weighted by Gasteiger charge is -2.25.